The highest BCUT2D eigenvalue weighted by Crippen LogP contribution is 2.16. The van der Waals surface area contributed by atoms with Crippen LogP contribution in [-0.4, -0.2) is 12.6 Å². The van der Waals surface area contributed by atoms with Crippen LogP contribution >= 0.6 is 0 Å². The third-order valence-corrected chi connectivity index (χ3v) is 3.72. The maximum atomic E-state index is 5.14. The van der Waals surface area contributed by atoms with Crippen LogP contribution in [0.3, 0.4) is 0 Å². The van der Waals surface area contributed by atoms with Gasteiger partial charge in [-0.3, -0.25) is 0 Å². The molecule has 0 amide bonds. The van der Waals surface area contributed by atoms with E-state index in [1.807, 2.05) is 0 Å². The van der Waals surface area contributed by atoms with E-state index in [0.717, 1.165) is 0 Å². The molecule has 0 heterocycles. The summed E-state index contributed by atoms with van der Waals surface area (Å²) >= 11 is 0. The molecule has 0 aliphatic heterocycles. The summed E-state index contributed by atoms with van der Waals surface area (Å²) in [5, 5.41) is 0. The molecule has 2 heteroatoms. The lowest BCUT2D eigenvalue weighted by atomic mass is 9.55. The van der Waals surface area contributed by atoms with Crippen LogP contribution in [0.2, 0.25) is 12.6 Å². The van der Waals surface area contributed by atoms with Gasteiger partial charge in [0.05, 0.1) is 0 Å². The van der Waals surface area contributed by atoms with Gasteiger partial charge in [0.25, 0.3) is 6.85 Å². The first-order valence-electron chi connectivity index (χ1n) is 8.32. The molecule has 20 heavy (non-hydrogen) atoms. The van der Waals surface area contributed by atoms with E-state index in [4.69, 9.17) is 4.90 Å². The minimum Gasteiger partial charge on any atom is -0.345 e. The monoisotopic (exact) mass is 271 g/mol. The Bertz CT molecular complexity index is 376. The van der Waals surface area contributed by atoms with E-state index < -0.39 is 0 Å². The topological polar surface area (TPSA) is 12.4 Å². The average molecular weight is 271 g/mol. The minimum atomic E-state index is 0.489. The Morgan fingerprint density at radius 2 is 1.55 bits per heavy atom. The van der Waals surface area contributed by atoms with Gasteiger partial charge in [0.2, 0.25) is 0 Å². The van der Waals surface area contributed by atoms with Crippen molar-refractivity contribution in [3.8, 4) is 0 Å². The first-order chi connectivity index (χ1) is 9.69. The normalized spacial score (nSPS) is 11.9. The number of hydrogen-bond donors (Lipinski definition) is 0. The predicted octanol–water partition coefficient (Wildman–Crippen LogP) is 5.72. The van der Waals surface area contributed by atoms with E-state index >= 15 is 0 Å². The lowest BCUT2D eigenvalue weighted by molar-refractivity contribution is 0.836. The van der Waals surface area contributed by atoms with Crippen LogP contribution in [0.25, 0.3) is 0 Å². The molecule has 0 bridgehead atoms. The molecule has 1 nitrogen and oxygen atoms in total. The van der Waals surface area contributed by atoms with Crippen molar-refractivity contribution in [2.45, 2.75) is 66.0 Å². The van der Waals surface area contributed by atoms with Crippen molar-refractivity contribution in [2.75, 3.05) is 0 Å². The van der Waals surface area contributed by atoms with E-state index in [2.05, 4.69) is 58.0 Å². The zero-order chi connectivity index (χ0) is 14.8. The third-order valence-electron chi connectivity index (χ3n) is 3.72. The molecule has 1 aromatic rings. The molecule has 0 radical (unpaired) electrons. The number of hydrogen-bond acceptors (Lipinski definition) is 1. The highest BCUT2D eigenvalue weighted by atomic mass is 14.7. The molecule has 0 spiro atoms. The Balaban J connectivity index is 2.89. The largest absolute Gasteiger partial charge is 0.345 e. The lowest BCUT2D eigenvalue weighted by Crippen LogP contribution is -2.18. The summed E-state index contributed by atoms with van der Waals surface area (Å²) in [6, 6.07) is 10.7. The molecule has 0 fully saturated rings. The molecule has 1 rings (SSSR count). The van der Waals surface area contributed by atoms with Gasteiger partial charge in [0, 0.05) is 5.71 Å². The number of unbranched alkanes of at least 4 members (excludes halogenated alkanes) is 2. The van der Waals surface area contributed by atoms with Gasteiger partial charge in [0.15, 0.2) is 0 Å². The molecule has 0 atom stereocenters. The molecule has 0 saturated carbocycles. The maximum absolute atomic E-state index is 5.14. The van der Waals surface area contributed by atoms with Crippen molar-refractivity contribution in [2.24, 2.45) is 10.8 Å². The van der Waals surface area contributed by atoms with E-state index in [1.165, 1.54) is 49.6 Å². The SMILES string of the molecule is CCCCB(CCCC)/N=C(\c1ccccc1)C(C)C. The second-order valence-electron chi connectivity index (χ2n) is 5.97. The Kier molecular flexibility index (Phi) is 8.33. The highest BCUT2D eigenvalue weighted by molar-refractivity contribution is 6.58. The first-order valence-corrected chi connectivity index (χ1v) is 8.32. The molecular weight excluding hydrogens is 241 g/mol. The van der Waals surface area contributed by atoms with Crippen LogP contribution in [0.5, 0.6) is 0 Å². The van der Waals surface area contributed by atoms with E-state index in [9.17, 15) is 0 Å². The van der Waals surface area contributed by atoms with Crippen molar-refractivity contribution in [3.05, 3.63) is 35.9 Å². The van der Waals surface area contributed by atoms with Crippen LogP contribution in [0.1, 0.15) is 58.9 Å². The van der Waals surface area contributed by atoms with Crippen molar-refractivity contribution in [3.63, 3.8) is 0 Å². The molecule has 1 aromatic carbocycles. The molecule has 0 N–H and O–H groups in total. The van der Waals surface area contributed by atoms with Gasteiger partial charge >= 0.3 is 0 Å². The van der Waals surface area contributed by atoms with E-state index in [0.29, 0.717) is 12.8 Å². The van der Waals surface area contributed by atoms with Crippen LogP contribution in [0, 0.1) is 5.92 Å². The van der Waals surface area contributed by atoms with Crippen LogP contribution in [-0.2, 0) is 0 Å². The lowest BCUT2D eigenvalue weighted by Gasteiger charge is -2.15. The van der Waals surface area contributed by atoms with E-state index in [-0.39, 0.29) is 0 Å². The van der Waals surface area contributed by atoms with Crippen molar-refractivity contribution < 1.29 is 0 Å². The molecule has 0 aromatic heterocycles. The highest BCUT2D eigenvalue weighted by Gasteiger charge is 2.16. The van der Waals surface area contributed by atoms with Crippen LogP contribution in [0.15, 0.2) is 35.2 Å². The van der Waals surface area contributed by atoms with Gasteiger partial charge in [-0.1, -0.05) is 96.4 Å². The fourth-order valence-electron chi connectivity index (χ4n) is 2.52. The Morgan fingerprint density at radius 1 is 1.00 bits per heavy atom. The fourth-order valence-corrected chi connectivity index (χ4v) is 2.52. The van der Waals surface area contributed by atoms with Gasteiger partial charge in [-0.05, 0) is 11.5 Å². The third kappa shape index (κ3) is 5.94. The molecule has 0 aliphatic rings. The smallest absolute Gasteiger partial charge is 0.279 e. The summed E-state index contributed by atoms with van der Waals surface area (Å²) in [6.45, 7) is 9.54. The minimum absolute atomic E-state index is 0.489. The molecule has 0 aliphatic carbocycles. The second kappa shape index (κ2) is 9.80. The number of rotatable bonds is 9. The van der Waals surface area contributed by atoms with Crippen LogP contribution < -0.4 is 0 Å². The van der Waals surface area contributed by atoms with Gasteiger partial charge in [0.1, 0.15) is 0 Å². The van der Waals surface area contributed by atoms with Crippen LogP contribution in [0.4, 0.5) is 0 Å². The van der Waals surface area contributed by atoms with Gasteiger partial charge in [-0.15, -0.1) is 0 Å². The summed E-state index contributed by atoms with van der Waals surface area (Å²) in [5.74, 6) is 0.489. The molecular formula is C18H30BN. The van der Waals surface area contributed by atoms with Gasteiger partial charge in [-0.25, -0.2) is 0 Å². The summed E-state index contributed by atoms with van der Waals surface area (Å²) in [7, 11) is 0. The first kappa shape index (κ1) is 17.0. The maximum Gasteiger partial charge on any atom is 0.279 e. The molecule has 110 valence electrons. The van der Waals surface area contributed by atoms with Gasteiger partial charge < -0.3 is 4.90 Å². The quantitative estimate of drug-likeness (QED) is 0.402. The Hall–Kier alpha value is -1.05. The standard InChI is InChI=1S/C18H30BN/c1-5-7-14-19(15-8-6-2)20-18(16(3)4)17-12-10-9-11-13-17/h9-13,16H,5-8,14-15H2,1-4H3/b20-18-. The van der Waals surface area contributed by atoms with E-state index in [1.54, 1.807) is 0 Å². The second-order valence-corrected chi connectivity index (χ2v) is 5.97. The number of benzene rings is 1. The molecule has 0 unspecified atom stereocenters. The van der Waals surface area contributed by atoms with Gasteiger partial charge in [-0.2, -0.15) is 0 Å². The van der Waals surface area contributed by atoms with Crippen molar-refractivity contribution >= 4 is 12.6 Å². The van der Waals surface area contributed by atoms with Crippen molar-refractivity contribution in [1.82, 2.24) is 0 Å². The summed E-state index contributed by atoms with van der Waals surface area (Å²) in [4.78, 5) is 5.14. The Labute approximate surface area is 126 Å². The average Bonchev–Trinajstić information content (AvgIpc) is 2.47. The summed E-state index contributed by atoms with van der Waals surface area (Å²) < 4.78 is 0. The zero-order valence-corrected chi connectivity index (χ0v) is 13.7. The van der Waals surface area contributed by atoms with Crippen molar-refractivity contribution in [1.29, 1.82) is 0 Å². The predicted molar refractivity (Wildman–Crippen MR) is 93.0 cm³/mol. The Morgan fingerprint density at radius 3 is 2.00 bits per heavy atom. The zero-order valence-electron chi connectivity index (χ0n) is 13.7. The summed E-state index contributed by atoms with van der Waals surface area (Å²) in [5.41, 5.74) is 2.57. The summed E-state index contributed by atoms with van der Waals surface area (Å²) in [6.07, 6.45) is 7.58. The number of nitrogens with zero attached hydrogens (tertiary/aromatic N) is 1. The molecule has 0 saturated heterocycles. The fraction of sp³-hybridized carbons (Fsp3) is 0.611.